The minimum absolute atomic E-state index is 0.0201. The number of rotatable bonds is 6. The Morgan fingerprint density at radius 3 is 2.50 bits per heavy atom. The van der Waals surface area contributed by atoms with Crippen molar-refractivity contribution < 1.29 is 14.4 Å². The molecule has 6 heteroatoms. The zero-order chi connectivity index (χ0) is 17.9. The Morgan fingerprint density at radius 2 is 1.92 bits per heavy atom. The molecule has 1 aromatic rings. The fourth-order valence-corrected chi connectivity index (χ4v) is 2.89. The molecular formula is C18H25N3O3. The molecule has 2 atom stereocenters. The quantitative estimate of drug-likeness (QED) is 0.783. The average Bonchev–Trinajstić information content (AvgIpc) is 2.72. The molecule has 1 fully saturated rings. The summed E-state index contributed by atoms with van der Waals surface area (Å²) in [6.45, 7) is 7.29. The third-order valence-electron chi connectivity index (χ3n) is 4.33. The molecule has 6 nitrogen and oxygen atoms in total. The Balaban J connectivity index is 2.11. The summed E-state index contributed by atoms with van der Waals surface area (Å²) < 4.78 is 0. The van der Waals surface area contributed by atoms with E-state index in [1.54, 1.807) is 6.92 Å². The van der Waals surface area contributed by atoms with Crippen LogP contribution in [0, 0.1) is 6.92 Å². The number of hydrogen-bond donors (Lipinski definition) is 2. The lowest BCUT2D eigenvalue weighted by Crippen LogP contribution is -2.44. The summed E-state index contributed by atoms with van der Waals surface area (Å²) in [6, 6.07) is 6.90. The van der Waals surface area contributed by atoms with Gasteiger partial charge in [-0.3, -0.25) is 14.5 Å². The van der Waals surface area contributed by atoms with Crippen LogP contribution in [0.25, 0.3) is 0 Å². The molecular weight excluding hydrogens is 306 g/mol. The smallest absolute Gasteiger partial charge is 0.325 e. The van der Waals surface area contributed by atoms with Gasteiger partial charge < -0.3 is 10.6 Å². The Hall–Kier alpha value is -2.37. The first kappa shape index (κ1) is 18.0. The molecule has 0 radical (unpaired) electrons. The maximum atomic E-state index is 12.7. The van der Waals surface area contributed by atoms with Gasteiger partial charge in [0, 0.05) is 6.04 Å². The van der Waals surface area contributed by atoms with Gasteiger partial charge in [0.1, 0.15) is 12.1 Å². The van der Waals surface area contributed by atoms with Crippen LogP contribution in [-0.4, -0.2) is 35.3 Å². The third-order valence-corrected chi connectivity index (χ3v) is 4.33. The Labute approximate surface area is 142 Å². The summed E-state index contributed by atoms with van der Waals surface area (Å²) in [5.74, 6) is -0.734. The number of benzene rings is 1. The van der Waals surface area contributed by atoms with Gasteiger partial charge >= 0.3 is 6.03 Å². The van der Waals surface area contributed by atoms with Crippen molar-refractivity contribution in [2.75, 3.05) is 6.54 Å². The second-order valence-electron chi connectivity index (χ2n) is 6.57. The van der Waals surface area contributed by atoms with Crippen molar-refractivity contribution in [3.05, 3.63) is 35.4 Å². The van der Waals surface area contributed by atoms with Gasteiger partial charge in [0.2, 0.25) is 5.91 Å². The van der Waals surface area contributed by atoms with Gasteiger partial charge in [-0.05, 0) is 32.8 Å². The number of carbonyl (C=O) groups excluding carboxylic acids is 3. The monoisotopic (exact) mass is 331 g/mol. The Bertz CT molecular complexity index is 641. The summed E-state index contributed by atoms with van der Waals surface area (Å²) in [5.41, 5.74) is 0.633. The highest BCUT2D eigenvalue weighted by Crippen LogP contribution is 2.28. The SMILES string of the molecule is CCC[C@@H](C)NC(=O)CN1C(=O)N[C@@](C)(c2ccc(C)cc2)C1=O. The number of amides is 4. The highest BCUT2D eigenvalue weighted by molar-refractivity contribution is 6.09. The van der Waals surface area contributed by atoms with E-state index in [1.165, 1.54) is 0 Å². The average molecular weight is 331 g/mol. The minimum atomic E-state index is -1.14. The van der Waals surface area contributed by atoms with Gasteiger partial charge in [-0.1, -0.05) is 43.2 Å². The molecule has 0 aromatic heterocycles. The van der Waals surface area contributed by atoms with E-state index in [4.69, 9.17) is 0 Å². The van der Waals surface area contributed by atoms with Crippen LogP contribution in [0.4, 0.5) is 4.79 Å². The molecule has 2 N–H and O–H groups in total. The van der Waals surface area contributed by atoms with Crippen LogP contribution in [0.1, 0.15) is 44.7 Å². The molecule has 1 aromatic carbocycles. The second kappa shape index (κ2) is 7.03. The molecule has 0 spiro atoms. The van der Waals surface area contributed by atoms with Crippen LogP contribution in [0.2, 0.25) is 0 Å². The minimum Gasteiger partial charge on any atom is -0.352 e. The number of urea groups is 1. The fourth-order valence-electron chi connectivity index (χ4n) is 2.89. The van der Waals surface area contributed by atoms with Gasteiger partial charge in [0.15, 0.2) is 0 Å². The summed E-state index contributed by atoms with van der Waals surface area (Å²) in [6.07, 6.45) is 1.81. The van der Waals surface area contributed by atoms with Crippen molar-refractivity contribution in [1.29, 1.82) is 0 Å². The lowest BCUT2D eigenvalue weighted by atomic mass is 9.91. The molecule has 4 amide bonds. The van der Waals surface area contributed by atoms with Gasteiger partial charge in [0.05, 0.1) is 0 Å². The van der Waals surface area contributed by atoms with Crippen LogP contribution in [0.3, 0.4) is 0 Å². The van der Waals surface area contributed by atoms with E-state index >= 15 is 0 Å². The molecule has 1 saturated heterocycles. The van der Waals surface area contributed by atoms with Crippen molar-refractivity contribution in [2.45, 2.75) is 52.1 Å². The molecule has 130 valence electrons. The molecule has 24 heavy (non-hydrogen) atoms. The topological polar surface area (TPSA) is 78.5 Å². The van der Waals surface area contributed by atoms with Crippen molar-refractivity contribution in [2.24, 2.45) is 0 Å². The number of aryl methyl sites for hydroxylation is 1. The van der Waals surface area contributed by atoms with Crippen molar-refractivity contribution in [3.8, 4) is 0 Å². The second-order valence-corrected chi connectivity index (χ2v) is 6.57. The largest absolute Gasteiger partial charge is 0.352 e. The first-order valence-electron chi connectivity index (χ1n) is 8.28. The summed E-state index contributed by atoms with van der Waals surface area (Å²) in [7, 11) is 0. The molecule has 1 aliphatic heterocycles. The van der Waals surface area contributed by atoms with E-state index in [1.807, 2.05) is 45.0 Å². The van der Waals surface area contributed by atoms with Gasteiger partial charge in [-0.25, -0.2) is 4.79 Å². The fraction of sp³-hybridized carbons (Fsp3) is 0.500. The van der Waals surface area contributed by atoms with E-state index in [2.05, 4.69) is 10.6 Å². The molecule has 0 aliphatic carbocycles. The molecule has 1 aliphatic rings. The van der Waals surface area contributed by atoms with Crippen LogP contribution >= 0.6 is 0 Å². The summed E-state index contributed by atoms with van der Waals surface area (Å²) in [5, 5.41) is 5.52. The number of nitrogens with zero attached hydrogens (tertiary/aromatic N) is 1. The highest BCUT2D eigenvalue weighted by atomic mass is 16.2. The standard InChI is InChI=1S/C18H25N3O3/c1-5-6-13(3)19-15(22)11-21-16(23)18(4,20-17(21)24)14-9-7-12(2)8-10-14/h7-10,13H,5-6,11H2,1-4H3,(H,19,22)(H,20,24)/t13-,18+/m1/s1. The third kappa shape index (κ3) is 3.58. The zero-order valence-electron chi connectivity index (χ0n) is 14.7. The van der Waals surface area contributed by atoms with E-state index in [9.17, 15) is 14.4 Å². The first-order chi connectivity index (χ1) is 11.3. The normalized spacial score (nSPS) is 21.6. The van der Waals surface area contributed by atoms with Crippen LogP contribution in [-0.2, 0) is 15.1 Å². The van der Waals surface area contributed by atoms with E-state index < -0.39 is 17.5 Å². The van der Waals surface area contributed by atoms with Crippen molar-refractivity contribution >= 4 is 17.8 Å². The van der Waals surface area contributed by atoms with Crippen molar-refractivity contribution in [1.82, 2.24) is 15.5 Å². The molecule has 0 saturated carbocycles. The van der Waals surface area contributed by atoms with Gasteiger partial charge in [0.25, 0.3) is 5.91 Å². The first-order valence-corrected chi connectivity index (χ1v) is 8.28. The number of nitrogens with one attached hydrogen (secondary N) is 2. The maximum Gasteiger partial charge on any atom is 0.325 e. The van der Waals surface area contributed by atoms with E-state index in [0.29, 0.717) is 5.56 Å². The lowest BCUT2D eigenvalue weighted by Gasteiger charge is -2.22. The molecule has 0 bridgehead atoms. The zero-order valence-corrected chi connectivity index (χ0v) is 14.7. The number of imide groups is 1. The molecule has 0 unspecified atom stereocenters. The lowest BCUT2D eigenvalue weighted by molar-refractivity contribution is -0.135. The summed E-state index contributed by atoms with van der Waals surface area (Å²) in [4.78, 5) is 38.0. The van der Waals surface area contributed by atoms with E-state index in [0.717, 1.165) is 23.3 Å². The summed E-state index contributed by atoms with van der Waals surface area (Å²) >= 11 is 0. The Morgan fingerprint density at radius 1 is 1.29 bits per heavy atom. The van der Waals surface area contributed by atoms with E-state index in [-0.39, 0.29) is 18.5 Å². The van der Waals surface area contributed by atoms with Gasteiger partial charge in [-0.15, -0.1) is 0 Å². The van der Waals surface area contributed by atoms with Crippen LogP contribution < -0.4 is 10.6 Å². The highest BCUT2D eigenvalue weighted by Gasteiger charge is 2.49. The van der Waals surface area contributed by atoms with Crippen LogP contribution in [0.5, 0.6) is 0 Å². The van der Waals surface area contributed by atoms with Gasteiger partial charge in [-0.2, -0.15) is 0 Å². The maximum absolute atomic E-state index is 12.7. The van der Waals surface area contributed by atoms with Crippen molar-refractivity contribution in [3.63, 3.8) is 0 Å². The predicted molar refractivity (Wildman–Crippen MR) is 91.3 cm³/mol. The van der Waals surface area contributed by atoms with Crippen LogP contribution in [0.15, 0.2) is 24.3 Å². The predicted octanol–water partition coefficient (Wildman–Crippen LogP) is 2.07. The molecule has 2 rings (SSSR count). The molecule has 1 heterocycles. The number of hydrogen-bond acceptors (Lipinski definition) is 3. The Kier molecular flexibility index (Phi) is 5.26. The number of carbonyl (C=O) groups is 3.